The van der Waals surface area contributed by atoms with Crippen molar-refractivity contribution in [3.05, 3.63) is 29.3 Å². The van der Waals surface area contributed by atoms with Crippen LogP contribution in [-0.4, -0.2) is 40.3 Å². The molecule has 1 saturated heterocycles. The van der Waals surface area contributed by atoms with Crippen LogP contribution in [0.25, 0.3) is 0 Å². The van der Waals surface area contributed by atoms with Gasteiger partial charge in [0.2, 0.25) is 5.91 Å². The number of benzene rings is 1. The Morgan fingerprint density at radius 1 is 1.45 bits per heavy atom. The summed E-state index contributed by atoms with van der Waals surface area (Å²) in [6.45, 7) is 6.94. The molecule has 0 bridgehead atoms. The molecule has 2 N–H and O–H groups in total. The maximum Gasteiger partial charge on any atom is 0.240 e. The summed E-state index contributed by atoms with van der Waals surface area (Å²) in [5.41, 5.74) is 0.606. The summed E-state index contributed by atoms with van der Waals surface area (Å²) < 4.78 is 0. The fourth-order valence-electron chi connectivity index (χ4n) is 2.36. The Kier molecular flexibility index (Phi) is 3.81. The van der Waals surface area contributed by atoms with E-state index in [-0.39, 0.29) is 17.4 Å². The monoisotopic (exact) mass is 276 g/mol. The second-order valence-electron chi connectivity index (χ2n) is 5.64. The van der Waals surface area contributed by atoms with E-state index in [4.69, 9.17) is 0 Å². The van der Waals surface area contributed by atoms with Crippen molar-refractivity contribution in [2.45, 2.75) is 32.9 Å². The highest BCUT2D eigenvalue weighted by Gasteiger charge is 2.37. The number of ketones is 1. The molecule has 1 aromatic carbocycles. The van der Waals surface area contributed by atoms with Crippen LogP contribution >= 0.6 is 0 Å². The van der Waals surface area contributed by atoms with Gasteiger partial charge in [-0.1, -0.05) is 0 Å². The lowest BCUT2D eigenvalue weighted by Crippen LogP contribution is -2.61. The largest absolute Gasteiger partial charge is 0.508 e. The highest BCUT2D eigenvalue weighted by atomic mass is 16.3. The van der Waals surface area contributed by atoms with Gasteiger partial charge in [-0.25, -0.2) is 0 Å². The number of nitrogens with one attached hydrogen (secondary N) is 1. The summed E-state index contributed by atoms with van der Waals surface area (Å²) in [6, 6.07) is 4.83. The molecule has 0 atom stereocenters. The predicted octanol–water partition coefficient (Wildman–Crippen LogP) is 1.31. The Morgan fingerprint density at radius 2 is 2.15 bits per heavy atom. The van der Waals surface area contributed by atoms with Gasteiger partial charge in [-0.2, -0.15) is 0 Å². The van der Waals surface area contributed by atoms with Crippen molar-refractivity contribution in [1.29, 1.82) is 0 Å². The normalized spacial score (nSPS) is 18.6. The third-order valence-electron chi connectivity index (χ3n) is 3.86. The van der Waals surface area contributed by atoms with Gasteiger partial charge in [0.05, 0.1) is 5.54 Å². The van der Waals surface area contributed by atoms with Gasteiger partial charge in [0.25, 0.3) is 0 Å². The fraction of sp³-hybridized carbons (Fsp3) is 0.467. The maximum absolute atomic E-state index is 11.9. The van der Waals surface area contributed by atoms with Crippen LogP contribution in [-0.2, 0) is 11.3 Å². The zero-order valence-corrected chi connectivity index (χ0v) is 12.1. The van der Waals surface area contributed by atoms with Crippen LogP contribution in [0.15, 0.2) is 18.2 Å². The first-order chi connectivity index (χ1) is 9.32. The first-order valence-corrected chi connectivity index (χ1v) is 6.68. The molecule has 5 heteroatoms. The number of Topliss-reactive ketones (excluding diaryl/α,β-unsaturated/α-hetero) is 1. The molecule has 5 nitrogen and oxygen atoms in total. The molecule has 20 heavy (non-hydrogen) atoms. The van der Waals surface area contributed by atoms with E-state index in [1.54, 1.807) is 12.1 Å². The Bertz CT molecular complexity index is 552. The Labute approximate surface area is 118 Å². The van der Waals surface area contributed by atoms with E-state index in [0.29, 0.717) is 30.8 Å². The van der Waals surface area contributed by atoms with Crippen molar-refractivity contribution in [3.8, 4) is 5.75 Å². The fourth-order valence-corrected chi connectivity index (χ4v) is 2.36. The summed E-state index contributed by atoms with van der Waals surface area (Å²) in [7, 11) is 0. The minimum Gasteiger partial charge on any atom is -0.508 e. The Morgan fingerprint density at radius 3 is 2.80 bits per heavy atom. The van der Waals surface area contributed by atoms with E-state index < -0.39 is 5.54 Å². The number of carbonyl (C=O) groups excluding carboxylic acids is 2. The molecule has 108 valence electrons. The molecule has 1 fully saturated rings. The summed E-state index contributed by atoms with van der Waals surface area (Å²) in [5.74, 6) is 0.0876. The first-order valence-electron chi connectivity index (χ1n) is 6.68. The maximum atomic E-state index is 11.9. The number of hydrogen-bond acceptors (Lipinski definition) is 4. The summed E-state index contributed by atoms with van der Waals surface area (Å²) >= 11 is 0. The topological polar surface area (TPSA) is 69.6 Å². The number of nitrogens with zero attached hydrogens (tertiary/aromatic N) is 1. The molecule has 0 spiro atoms. The van der Waals surface area contributed by atoms with Gasteiger partial charge >= 0.3 is 0 Å². The van der Waals surface area contributed by atoms with Crippen LogP contribution in [0.3, 0.4) is 0 Å². The molecule has 0 radical (unpaired) electrons. The molecule has 1 aliphatic heterocycles. The highest BCUT2D eigenvalue weighted by molar-refractivity contribution is 5.94. The van der Waals surface area contributed by atoms with Crippen LogP contribution in [0.4, 0.5) is 0 Å². The van der Waals surface area contributed by atoms with Crippen molar-refractivity contribution in [3.63, 3.8) is 0 Å². The third kappa shape index (κ3) is 2.67. The zero-order valence-electron chi connectivity index (χ0n) is 12.1. The number of aromatic hydroxyl groups is 1. The molecule has 0 unspecified atom stereocenters. The van der Waals surface area contributed by atoms with Gasteiger partial charge in [-0.15, -0.1) is 0 Å². The molecule has 1 amide bonds. The number of piperazine rings is 1. The van der Waals surface area contributed by atoms with Crippen molar-refractivity contribution in [1.82, 2.24) is 10.2 Å². The smallest absolute Gasteiger partial charge is 0.240 e. The van der Waals surface area contributed by atoms with Crippen LogP contribution in [0.1, 0.15) is 36.7 Å². The summed E-state index contributed by atoms with van der Waals surface area (Å²) in [6.07, 6.45) is 0. The molecular weight excluding hydrogens is 256 g/mol. The van der Waals surface area contributed by atoms with Gasteiger partial charge < -0.3 is 10.4 Å². The number of amides is 1. The SMILES string of the molecule is CC(=O)c1ccc(O)c(CN2CCNC(=O)C2(C)C)c1. The quantitative estimate of drug-likeness (QED) is 0.817. The van der Waals surface area contributed by atoms with Crippen molar-refractivity contribution in [2.24, 2.45) is 0 Å². The number of hydrogen-bond donors (Lipinski definition) is 2. The van der Waals surface area contributed by atoms with Crippen molar-refractivity contribution in [2.75, 3.05) is 13.1 Å². The lowest BCUT2D eigenvalue weighted by Gasteiger charge is -2.41. The second kappa shape index (κ2) is 5.25. The number of rotatable bonds is 3. The van der Waals surface area contributed by atoms with Crippen molar-refractivity contribution >= 4 is 11.7 Å². The van der Waals surface area contributed by atoms with E-state index in [1.165, 1.54) is 13.0 Å². The van der Waals surface area contributed by atoms with Crippen molar-refractivity contribution < 1.29 is 14.7 Å². The van der Waals surface area contributed by atoms with Gasteiger partial charge in [0.1, 0.15) is 5.75 Å². The van der Waals surface area contributed by atoms with Gasteiger partial charge in [-0.3, -0.25) is 14.5 Å². The number of phenolic OH excluding ortho intramolecular Hbond substituents is 1. The Hall–Kier alpha value is -1.88. The van der Waals surface area contributed by atoms with E-state index in [2.05, 4.69) is 5.32 Å². The average Bonchev–Trinajstić information content (AvgIpc) is 2.37. The molecule has 1 heterocycles. The zero-order chi connectivity index (χ0) is 14.9. The van der Waals surface area contributed by atoms with Crippen LogP contribution in [0.2, 0.25) is 0 Å². The van der Waals surface area contributed by atoms with Gasteiger partial charge in [0.15, 0.2) is 5.78 Å². The van der Waals surface area contributed by atoms with Crippen LogP contribution in [0, 0.1) is 0 Å². The van der Waals surface area contributed by atoms with Crippen LogP contribution in [0.5, 0.6) is 5.75 Å². The summed E-state index contributed by atoms with van der Waals surface area (Å²) in [4.78, 5) is 25.3. The minimum absolute atomic E-state index is 0.0223. The van der Waals surface area contributed by atoms with E-state index in [1.807, 2.05) is 18.7 Å². The van der Waals surface area contributed by atoms with Gasteiger partial charge in [-0.05, 0) is 39.0 Å². The molecule has 0 saturated carbocycles. The molecule has 2 rings (SSSR count). The minimum atomic E-state index is -0.628. The van der Waals surface area contributed by atoms with E-state index in [0.717, 1.165) is 0 Å². The first kappa shape index (κ1) is 14.5. The van der Waals surface area contributed by atoms with E-state index in [9.17, 15) is 14.7 Å². The average molecular weight is 276 g/mol. The summed E-state index contributed by atoms with van der Waals surface area (Å²) in [5, 5.41) is 12.8. The standard InChI is InChI=1S/C15H20N2O3/c1-10(18)11-4-5-13(19)12(8-11)9-17-7-6-16-14(20)15(17,2)3/h4-5,8,19H,6-7,9H2,1-3H3,(H,16,20). The molecule has 0 aromatic heterocycles. The number of phenols is 1. The number of carbonyl (C=O) groups is 2. The lowest BCUT2D eigenvalue weighted by atomic mass is 9.97. The molecule has 1 aliphatic rings. The molecule has 1 aromatic rings. The van der Waals surface area contributed by atoms with Gasteiger partial charge in [0, 0.05) is 30.8 Å². The van der Waals surface area contributed by atoms with E-state index >= 15 is 0 Å². The highest BCUT2D eigenvalue weighted by Crippen LogP contribution is 2.25. The molecular formula is C15H20N2O3. The Balaban J connectivity index is 2.27. The predicted molar refractivity (Wildman–Crippen MR) is 75.6 cm³/mol. The van der Waals surface area contributed by atoms with Crippen LogP contribution < -0.4 is 5.32 Å². The lowest BCUT2D eigenvalue weighted by molar-refractivity contribution is -0.135. The molecule has 0 aliphatic carbocycles. The third-order valence-corrected chi connectivity index (χ3v) is 3.86. The second-order valence-corrected chi connectivity index (χ2v) is 5.64.